The number of aliphatic imine (C=N–C) groups is 1. The van der Waals surface area contributed by atoms with Gasteiger partial charge >= 0.3 is 0 Å². The Balaban J connectivity index is 2.37. The highest BCUT2D eigenvalue weighted by Gasteiger charge is 2.14. The fourth-order valence-electron chi connectivity index (χ4n) is 2.80. The van der Waals surface area contributed by atoms with E-state index in [1.807, 2.05) is 37.3 Å². The van der Waals surface area contributed by atoms with Gasteiger partial charge < -0.3 is 0 Å². The summed E-state index contributed by atoms with van der Waals surface area (Å²) in [6.45, 7) is 14.5. The average Bonchev–Trinajstić information content (AvgIpc) is 2.67. The Kier molecular flexibility index (Phi) is 7.09. The summed E-state index contributed by atoms with van der Waals surface area (Å²) in [6, 6.07) is 14.0. The summed E-state index contributed by atoms with van der Waals surface area (Å²) < 4.78 is 0. The lowest BCUT2D eigenvalue weighted by atomic mass is 9.85. The molecule has 0 unspecified atom stereocenters. The smallest absolute Gasteiger partial charge is 0.197 e. The summed E-state index contributed by atoms with van der Waals surface area (Å²) in [4.78, 5) is 15.7. The Hall–Kier alpha value is -2.52. The number of allylic oxidation sites excluding steroid dienone is 1. The molecule has 0 atom stereocenters. The van der Waals surface area contributed by atoms with Crippen LogP contribution in [0.15, 0.2) is 65.3 Å². The first-order valence-electron chi connectivity index (χ1n) is 9.34. The van der Waals surface area contributed by atoms with Gasteiger partial charge in [-0.15, -0.1) is 4.91 Å². The molecule has 0 saturated carbocycles. The molecule has 0 amide bonds. The number of hydrogen-bond acceptors (Lipinski definition) is 2. The molecule has 0 spiro atoms. The molecule has 28 heavy (non-hydrogen) atoms. The summed E-state index contributed by atoms with van der Waals surface area (Å²) in [5, 5.41) is 3.63. The zero-order valence-electron chi connectivity index (χ0n) is 17.2. The van der Waals surface area contributed by atoms with Gasteiger partial charge in [-0.1, -0.05) is 76.2 Å². The van der Waals surface area contributed by atoms with Gasteiger partial charge in [-0.3, -0.25) is 0 Å². The summed E-state index contributed by atoms with van der Waals surface area (Å²) in [6.07, 6.45) is 2.56. The van der Waals surface area contributed by atoms with Gasteiger partial charge in [-0.25, -0.2) is 4.99 Å². The lowest BCUT2D eigenvalue weighted by molar-refractivity contribution is 0.590. The van der Waals surface area contributed by atoms with Gasteiger partial charge in [-0.05, 0) is 64.4 Å². The van der Waals surface area contributed by atoms with Crippen molar-refractivity contribution in [3.63, 3.8) is 0 Å². The van der Waals surface area contributed by atoms with Crippen LogP contribution in [0.25, 0.3) is 11.3 Å². The first-order valence-corrected chi connectivity index (χ1v) is 9.72. The number of amidine groups is 1. The number of aryl methyl sites for hydroxylation is 1. The van der Waals surface area contributed by atoms with E-state index in [4.69, 9.17) is 11.6 Å². The van der Waals surface area contributed by atoms with Crippen molar-refractivity contribution in [2.45, 2.75) is 46.5 Å². The van der Waals surface area contributed by atoms with Crippen LogP contribution >= 0.6 is 11.6 Å². The Labute approximate surface area is 172 Å². The fraction of sp³-hybridized carbons (Fsp3) is 0.292. The predicted molar refractivity (Wildman–Crippen MR) is 122 cm³/mol. The second-order valence-corrected chi connectivity index (χ2v) is 8.24. The van der Waals surface area contributed by atoms with Crippen LogP contribution in [0.3, 0.4) is 0 Å². The molecular formula is C24H27ClN2O. The Bertz CT molecular complexity index is 949. The van der Waals surface area contributed by atoms with E-state index >= 15 is 0 Å². The van der Waals surface area contributed by atoms with Gasteiger partial charge in [0.05, 0.1) is 5.70 Å². The van der Waals surface area contributed by atoms with Crippen molar-refractivity contribution >= 4 is 28.7 Å². The highest BCUT2D eigenvalue weighted by molar-refractivity contribution is 6.32. The van der Waals surface area contributed by atoms with E-state index in [1.165, 1.54) is 5.56 Å². The van der Waals surface area contributed by atoms with Crippen molar-refractivity contribution in [1.29, 1.82) is 0 Å². The van der Waals surface area contributed by atoms with E-state index in [0.29, 0.717) is 16.3 Å². The summed E-state index contributed by atoms with van der Waals surface area (Å²) in [5.41, 5.74) is 5.46. The second kappa shape index (κ2) is 9.11. The normalized spacial score (nSPS) is 12.8. The highest BCUT2D eigenvalue weighted by atomic mass is 35.5. The molecule has 0 fully saturated rings. The van der Waals surface area contributed by atoms with Crippen molar-refractivity contribution in [3.05, 3.63) is 87.3 Å². The van der Waals surface area contributed by atoms with Gasteiger partial charge in [0.1, 0.15) is 0 Å². The van der Waals surface area contributed by atoms with Gasteiger partial charge in [0.15, 0.2) is 5.84 Å². The largest absolute Gasteiger partial charge is 0.226 e. The quantitative estimate of drug-likeness (QED) is 0.295. The van der Waals surface area contributed by atoms with Crippen molar-refractivity contribution in [1.82, 2.24) is 0 Å². The first-order chi connectivity index (χ1) is 13.2. The summed E-state index contributed by atoms with van der Waals surface area (Å²) in [7, 11) is 0. The molecule has 2 aromatic carbocycles. The van der Waals surface area contributed by atoms with Crippen LogP contribution in [0.5, 0.6) is 0 Å². The average molecular weight is 395 g/mol. The molecule has 0 aliphatic rings. The molecule has 2 aromatic rings. The molecule has 0 heterocycles. The Morgan fingerprint density at radius 3 is 2.50 bits per heavy atom. The minimum atomic E-state index is 0.0471. The maximum Gasteiger partial charge on any atom is 0.197 e. The number of rotatable bonds is 5. The molecule has 3 nitrogen and oxygen atoms in total. The first kappa shape index (κ1) is 21.8. The van der Waals surface area contributed by atoms with Crippen molar-refractivity contribution in [2.24, 2.45) is 10.2 Å². The van der Waals surface area contributed by atoms with Crippen molar-refractivity contribution in [2.75, 3.05) is 0 Å². The van der Waals surface area contributed by atoms with Crippen LogP contribution in [0.2, 0.25) is 5.02 Å². The Morgan fingerprint density at radius 2 is 1.89 bits per heavy atom. The van der Waals surface area contributed by atoms with Gasteiger partial charge in [0.2, 0.25) is 0 Å². The molecular weight excluding hydrogens is 368 g/mol. The van der Waals surface area contributed by atoms with Crippen LogP contribution in [0.4, 0.5) is 0 Å². The predicted octanol–water partition coefficient (Wildman–Crippen LogP) is 7.44. The lowest BCUT2D eigenvalue weighted by Gasteiger charge is -2.19. The van der Waals surface area contributed by atoms with Crippen LogP contribution in [-0.4, -0.2) is 5.84 Å². The second-order valence-electron chi connectivity index (χ2n) is 7.83. The highest BCUT2D eigenvalue weighted by Crippen LogP contribution is 2.27. The topological polar surface area (TPSA) is 41.8 Å². The monoisotopic (exact) mass is 394 g/mol. The van der Waals surface area contributed by atoms with Crippen LogP contribution in [-0.2, 0) is 11.8 Å². The molecule has 0 saturated heterocycles. The third-order valence-electron chi connectivity index (χ3n) is 4.62. The van der Waals surface area contributed by atoms with Gasteiger partial charge in [-0.2, -0.15) is 0 Å². The molecule has 0 bridgehead atoms. The Morgan fingerprint density at radius 1 is 1.18 bits per heavy atom. The van der Waals surface area contributed by atoms with E-state index in [2.05, 4.69) is 56.6 Å². The number of hydrogen-bond donors (Lipinski definition) is 0. The molecule has 2 rings (SSSR count). The molecule has 0 aliphatic carbocycles. The number of nitroso groups, excluding NO2 is 1. The summed E-state index contributed by atoms with van der Waals surface area (Å²) in [5.74, 6) is 0.0710. The third-order valence-corrected chi connectivity index (χ3v) is 4.95. The number of nitrogens with zero attached hydrogens (tertiary/aromatic N) is 2. The van der Waals surface area contributed by atoms with E-state index in [9.17, 15) is 4.91 Å². The molecule has 4 heteroatoms. The van der Waals surface area contributed by atoms with Gasteiger partial charge in [0.25, 0.3) is 0 Å². The summed E-state index contributed by atoms with van der Waals surface area (Å²) >= 11 is 6.28. The maximum atomic E-state index is 11.4. The van der Waals surface area contributed by atoms with Gasteiger partial charge in [0, 0.05) is 10.6 Å². The molecule has 146 valence electrons. The van der Waals surface area contributed by atoms with Crippen LogP contribution in [0.1, 0.15) is 56.9 Å². The van der Waals surface area contributed by atoms with E-state index < -0.39 is 0 Å². The molecule has 0 aromatic heterocycles. The van der Waals surface area contributed by atoms with Crippen molar-refractivity contribution < 1.29 is 0 Å². The van der Waals surface area contributed by atoms with E-state index in [-0.39, 0.29) is 11.3 Å². The SMILES string of the molecule is C=C(/N=C(\C=C(/C)c1cccc(C(C)(C)C)c1)N=O)c1cc(CC)ccc1Cl. The zero-order valence-corrected chi connectivity index (χ0v) is 18.0. The fourth-order valence-corrected chi connectivity index (χ4v) is 3.03. The van der Waals surface area contributed by atoms with Crippen LogP contribution < -0.4 is 0 Å². The van der Waals surface area contributed by atoms with E-state index in [1.54, 1.807) is 6.08 Å². The molecule has 0 aliphatic heterocycles. The van der Waals surface area contributed by atoms with Crippen molar-refractivity contribution in [3.8, 4) is 0 Å². The minimum absolute atomic E-state index is 0.0471. The lowest BCUT2D eigenvalue weighted by Crippen LogP contribution is -2.11. The number of benzene rings is 2. The third kappa shape index (κ3) is 5.49. The molecule has 0 N–H and O–H groups in total. The number of halogens is 1. The standard InChI is InChI=1S/C24H27ClN2O/c1-7-18-11-12-22(25)21(14-18)17(3)26-23(27-28)13-16(2)19-9-8-10-20(15-19)24(4,5)6/h8-15H,3,7H2,1-2,4-6H3/b16-13+,26-23+. The minimum Gasteiger partial charge on any atom is -0.226 e. The van der Waals surface area contributed by atoms with E-state index in [0.717, 1.165) is 23.1 Å². The van der Waals surface area contributed by atoms with Crippen LogP contribution in [0, 0.1) is 4.91 Å². The maximum absolute atomic E-state index is 11.4. The molecule has 0 radical (unpaired) electrons. The zero-order chi connectivity index (χ0) is 20.9.